The molecule has 2 N–H and O–H groups in total. The van der Waals surface area contributed by atoms with Crippen LogP contribution in [0, 0.1) is 12.8 Å². The van der Waals surface area contributed by atoms with Crippen molar-refractivity contribution in [2.24, 2.45) is 10.9 Å². The van der Waals surface area contributed by atoms with Crippen LogP contribution in [0.25, 0.3) is 0 Å². The molecule has 0 fully saturated rings. The number of carbonyl (C=O) groups excluding carboxylic acids is 1. The molecule has 8 heteroatoms. The Balaban J connectivity index is 2.66. The first-order chi connectivity index (χ1) is 13.0. The first-order valence-electron chi connectivity index (χ1n) is 9.92. The summed E-state index contributed by atoms with van der Waals surface area (Å²) in [6.45, 7) is 16.0. The number of hydrogen-bond acceptors (Lipinski definition) is 5. The van der Waals surface area contributed by atoms with Crippen LogP contribution in [0.1, 0.15) is 57.8 Å². The quantitative estimate of drug-likeness (QED) is 0.503. The average molecular weight is 412 g/mol. The molecular formula is C20H37N5O2S. The van der Waals surface area contributed by atoms with Gasteiger partial charge in [0, 0.05) is 37.3 Å². The van der Waals surface area contributed by atoms with Gasteiger partial charge in [-0.05, 0) is 47.0 Å². The third-order valence-electron chi connectivity index (χ3n) is 4.01. The summed E-state index contributed by atoms with van der Waals surface area (Å²) >= 11 is 1.67. The largest absolute Gasteiger partial charge is 0.444 e. The second-order valence-electron chi connectivity index (χ2n) is 8.24. The van der Waals surface area contributed by atoms with E-state index >= 15 is 0 Å². The molecule has 0 saturated heterocycles. The van der Waals surface area contributed by atoms with Gasteiger partial charge in [-0.25, -0.2) is 14.8 Å². The Kier molecular flexibility index (Phi) is 9.72. The van der Waals surface area contributed by atoms with E-state index in [4.69, 9.17) is 9.73 Å². The lowest BCUT2D eigenvalue weighted by Gasteiger charge is -2.28. The van der Waals surface area contributed by atoms with Gasteiger partial charge in [-0.1, -0.05) is 13.8 Å². The molecule has 0 bridgehead atoms. The molecule has 1 rings (SSSR count). The number of nitrogens with zero attached hydrogens (tertiary/aromatic N) is 3. The highest BCUT2D eigenvalue weighted by Gasteiger charge is 2.22. The Morgan fingerprint density at radius 2 is 2.07 bits per heavy atom. The van der Waals surface area contributed by atoms with Crippen molar-refractivity contribution >= 4 is 23.4 Å². The maximum absolute atomic E-state index is 12.1. The maximum Gasteiger partial charge on any atom is 0.407 e. The number of nitrogens with one attached hydrogen (secondary N) is 2. The Morgan fingerprint density at radius 1 is 1.39 bits per heavy atom. The Hall–Kier alpha value is -1.83. The Bertz CT molecular complexity index is 637. The predicted molar refractivity (Wildman–Crippen MR) is 117 cm³/mol. The molecule has 28 heavy (non-hydrogen) atoms. The molecule has 0 radical (unpaired) electrons. The van der Waals surface area contributed by atoms with Crippen molar-refractivity contribution in [1.82, 2.24) is 20.5 Å². The van der Waals surface area contributed by atoms with E-state index in [0.29, 0.717) is 12.5 Å². The van der Waals surface area contributed by atoms with Gasteiger partial charge in [0.25, 0.3) is 0 Å². The first-order valence-corrected chi connectivity index (χ1v) is 10.7. The number of amides is 1. The minimum atomic E-state index is -0.499. The zero-order valence-corrected chi connectivity index (χ0v) is 19.4. The highest BCUT2D eigenvalue weighted by Crippen LogP contribution is 2.13. The van der Waals surface area contributed by atoms with Crippen LogP contribution < -0.4 is 10.6 Å². The van der Waals surface area contributed by atoms with Crippen LogP contribution >= 0.6 is 11.3 Å². The van der Waals surface area contributed by atoms with Crippen molar-refractivity contribution in [2.75, 3.05) is 20.1 Å². The van der Waals surface area contributed by atoms with Crippen LogP contribution in [0.4, 0.5) is 4.79 Å². The van der Waals surface area contributed by atoms with Gasteiger partial charge < -0.3 is 20.3 Å². The van der Waals surface area contributed by atoms with E-state index in [1.54, 1.807) is 11.3 Å². The lowest BCUT2D eigenvalue weighted by molar-refractivity contribution is 0.0486. The number of carbonyl (C=O) groups is 1. The molecule has 0 aliphatic heterocycles. The highest BCUT2D eigenvalue weighted by molar-refractivity contribution is 7.11. The van der Waals surface area contributed by atoms with Crippen molar-refractivity contribution in [3.05, 3.63) is 16.1 Å². The monoisotopic (exact) mass is 411 g/mol. The third-order valence-corrected chi connectivity index (χ3v) is 4.91. The lowest BCUT2D eigenvalue weighted by atomic mass is 10.0. The summed E-state index contributed by atoms with van der Waals surface area (Å²) in [6, 6.07) is 0.0294. The van der Waals surface area contributed by atoms with E-state index in [2.05, 4.69) is 41.3 Å². The number of guanidine groups is 1. The topological polar surface area (TPSA) is 78.9 Å². The molecule has 0 aliphatic carbocycles. The minimum absolute atomic E-state index is 0.0294. The van der Waals surface area contributed by atoms with E-state index in [0.717, 1.165) is 30.5 Å². The number of aryl methyl sites for hydroxylation is 1. The zero-order chi connectivity index (χ0) is 21.3. The van der Waals surface area contributed by atoms with Crippen LogP contribution in [0.3, 0.4) is 0 Å². The molecule has 1 aromatic rings. The van der Waals surface area contributed by atoms with Gasteiger partial charge >= 0.3 is 6.09 Å². The maximum atomic E-state index is 12.1. The Morgan fingerprint density at radius 3 is 2.57 bits per heavy atom. The fourth-order valence-electron chi connectivity index (χ4n) is 2.56. The molecule has 1 amide bonds. The molecule has 1 atom stereocenters. The SMILES string of the molecule is CCNC(=NCc1ncc(C)s1)N(C)CCC(NC(=O)OC(C)(C)C)C(C)C. The first kappa shape index (κ1) is 24.2. The fraction of sp³-hybridized carbons (Fsp3) is 0.750. The number of thiazole rings is 1. The van der Waals surface area contributed by atoms with E-state index in [1.165, 1.54) is 4.88 Å². The second kappa shape index (κ2) is 11.2. The number of rotatable bonds is 8. The van der Waals surface area contributed by atoms with Crippen molar-refractivity contribution < 1.29 is 9.53 Å². The lowest BCUT2D eigenvalue weighted by Crippen LogP contribution is -2.45. The standard InChI is InChI=1S/C20H37N5O2S/c1-9-21-18(23-13-17-22-12-15(4)28-17)25(8)11-10-16(14(2)3)24-19(26)27-20(5,6)7/h12,14,16H,9-11,13H2,1-8H3,(H,21,23)(H,24,26). The van der Waals surface area contributed by atoms with Crippen molar-refractivity contribution in [2.45, 2.75) is 73.1 Å². The second-order valence-corrected chi connectivity index (χ2v) is 9.56. The normalized spacial score (nSPS) is 13.4. The van der Waals surface area contributed by atoms with Gasteiger partial charge in [0.1, 0.15) is 10.6 Å². The summed E-state index contributed by atoms with van der Waals surface area (Å²) in [6.07, 6.45) is 2.31. The van der Waals surface area contributed by atoms with Crippen molar-refractivity contribution in [3.8, 4) is 0 Å². The van der Waals surface area contributed by atoms with Crippen molar-refractivity contribution in [1.29, 1.82) is 0 Å². The fourth-order valence-corrected chi connectivity index (χ4v) is 3.27. The summed E-state index contributed by atoms with van der Waals surface area (Å²) < 4.78 is 5.40. The van der Waals surface area contributed by atoms with Gasteiger partial charge in [-0.15, -0.1) is 11.3 Å². The number of aromatic nitrogens is 1. The summed E-state index contributed by atoms with van der Waals surface area (Å²) in [5.41, 5.74) is -0.499. The number of hydrogen-bond donors (Lipinski definition) is 2. The van der Waals surface area contributed by atoms with Gasteiger partial charge in [0.05, 0.1) is 6.54 Å². The molecule has 0 saturated carbocycles. The van der Waals surface area contributed by atoms with E-state index in [1.807, 2.05) is 40.9 Å². The molecular weight excluding hydrogens is 374 g/mol. The molecule has 1 unspecified atom stereocenters. The summed E-state index contributed by atoms with van der Waals surface area (Å²) in [7, 11) is 2.01. The van der Waals surface area contributed by atoms with Crippen LogP contribution in [0.2, 0.25) is 0 Å². The summed E-state index contributed by atoms with van der Waals surface area (Å²) in [5, 5.41) is 7.34. The van der Waals surface area contributed by atoms with E-state index < -0.39 is 5.60 Å². The van der Waals surface area contributed by atoms with Crippen LogP contribution in [0.5, 0.6) is 0 Å². The number of ether oxygens (including phenoxy) is 1. The average Bonchev–Trinajstić information content (AvgIpc) is 2.98. The van der Waals surface area contributed by atoms with Gasteiger partial charge in [0.2, 0.25) is 0 Å². The molecule has 0 aromatic carbocycles. The van der Waals surface area contributed by atoms with Gasteiger partial charge in [-0.2, -0.15) is 0 Å². The molecule has 1 aromatic heterocycles. The summed E-state index contributed by atoms with van der Waals surface area (Å²) in [5.74, 6) is 1.15. The number of aliphatic imine (C=N–C) groups is 1. The van der Waals surface area contributed by atoms with Crippen LogP contribution in [-0.4, -0.2) is 53.7 Å². The number of alkyl carbamates (subject to hydrolysis) is 1. The molecule has 7 nitrogen and oxygen atoms in total. The van der Waals surface area contributed by atoms with Crippen LogP contribution in [0.15, 0.2) is 11.2 Å². The Labute approximate surface area is 174 Å². The van der Waals surface area contributed by atoms with Gasteiger partial charge in [0.15, 0.2) is 5.96 Å². The van der Waals surface area contributed by atoms with Crippen LogP contribution in [-0.2, 0) is 11.3 Å². The third kappa shape index (κ3) is 9.39. The predicted octanol–water partition coefficient (Wildman–Crippen LogP) is 3.79. The molecule has 1 heterocycles. The zero-order valence-electron chi connectivity index (χ0n) is 18.6. The smallest absolute Gasteiger partial charge is 0.407 e. The van der Waals surface area contributed by atoms with Gasteiger partial charge in [-0.3, -0.25) is 0 Å². The van der Waals surface area contributed by atoms with Crippen molar-refractivity contribution in [3.63, 3.8) is 0 Å². The van der Waals surface area contributed by atoms with E-state index in [-0.39, 0.29) is 12.1 Å². The minimum Gasteiger partial charge on any atom is -0.444 e. The molecule has 0 aliphatic rings. The molecule has 160 valence electrons. The highest BCUT2D eigenvalue weighted by atomic mass is 32.1. The summed E-state index contributed by atoms with van der Waals surface area (Å²) in [4.78, 5) is 24.5. The van der Waals surface area contributed by atoms with E-state index in [9.17, 15) is 4.79 Å². The molecule has 0 spiro atoms.